The van der Waals surface area contributed by atoms with E-state index in [2.05, 4.69) is 5.10 Å². The molecule has 0 aromatic heterocycles. The molecule has 0 unspecified atom stereocenters. The summed E-state index contributed by atoms with van der Waals surface area (Å²) in [5.41, 5.74) is 1.33. The van der Waals surface area contributed by atoms with Crippen molar-refractivity contribution >= 4 is 28.5 Å². The highest BCUT2D eigenvalue weighted by Crippen LogP contribution is 2.41. The molecule has 1 aliphatic carbocycles. The molecule has 4 nitrogen and oxygen atoms in total. The van der Waals surface area contributed by atoms with Crippen molar-refractivity contribution in [3.8, 4) is 11.3 Å². The SMILES string of the molecule is O=C(O)n1[nH]cc2c(Cl)c3ccccc3c1-2. The Balaban J connectivity index is 2.51. The van der Waals surface area contributed by atoms with E-state index in [0.717, 1.165) is 21.0 Å². The fourth-order valence-electron chi connectivity index (χ4n) is 1.99. The molecular weight excluding hydrogens is 228 g/mol. The number of hydrogen-bond donors (Lipinski definition) is 2. The Kier molecular flexibility index (Phi) is 1.76. The normalized spacial score (nSPS) is 11.3. The van der Waals surface area contributed by atoms with E-state index in [0.29, 0.717) is 10.7 Å². The number of rotatable bonds is 0. The van der Waals surface area contributed by atoms with Crippen molar-refractivity contribution in [3.63, 3.8) is 0 Å². The summed E-state index contributed by atoms with van der Waals surface area (Å²) >= 11 is 6.18. The third-order valence-electron chi connectivity index (χ3n) is 2.66. The molecule has 0 saturated carbocycles. The molecule has 0 atom stereocenters. The van der Waals surface area contributed by atoms with E-state index in [9.17, 15) is 4.79 Å². The average molecular weight is 235 g/mol. The average Bonchev–Trinajstić information content (AvgIpc) is 2.81. The highest BCUT2D eigenvalue weighted by atomic mass is 35.5. The van der Waals surface area contributed by atoms with Crippen LogP contribution in [0.15, 0.2) is 30.5 Å². The van der Waals surface area contributed by atoms with Gasteiger partial charge in [0, 0.05) is 22.5 Å². The van der Waals surface area contributed by atoms with Crippen LogP contribution in [0, 0.1) is 0 Å². The minimum Gasteiger partial charge on any atom is -0.463 e. The second-order valence-corrected chi connectivity index (χ2v) is 3.89. The molecule has 2 N–H and O–H groups in total. The first-order chi connectivity index (χ1) is 7.70. The van der Waals surface area contributed by atoms with E-state index < -0.39 is 6.09 Å². The van der Waals surface area contributed by atoms with Gasteiger partial charge in [0.1, 0.15) is 0 Å². The summed E-state index contributed by atoms with van der Waals surface area (Å²) in [6.07, 6.45) is 0.550. The molecule has 0 spiro atoms. The molecule has 0 fully saturated rings. The zero-order valence-electron chi connectivity index (χ0n) is 8.07. The van der Waals surface area contributed by atoms with Crippen molar-refractivity contribution in [3.05, 3.63) is 35.5 Å². The van der Waals surface area contributed by atoms with Gasteiger partial charge < -0.3 is 5.11 Å². The maximum absolute atomic E-state index is 11.0. The van der Waals surface area contributed by atoms with Gasteiger partial charge in [0.15, 0.2) is 0 Å². The minimum absolute atomic E-state index is 0.585. The van der Waals surface area contributed by atoms with Gasteiger partial charge in [0.25, 0.3) is 0 Å². The standard InChI is InChI=1S/C11H7ClN2O2/c12-9-6-3-1-2-4-7(6)10-8(9)5-13-14(10)11(15)16/h1-5,13H,(H,15,16). The van der Waals surface area contributed by atoms with Crippen molar-refractivity contribution in [2.24, 2.45) is 0 Å². The molecule has 5 heteroatoms. The van der Waals surface area contributed by atoms with Gasteiger partial charge in [0.05, 0.1) is 10.7 Å². The lowest BCUT2D eigenvalue weighted by molar-refractivity contribution is 0.193. The van der Waals surface area contributed by atoms with Crippen LogP contribution in [-0.4, -0.2) is 21.0 Å². The number of H-pyrrole nitrogens is 1. The highest BCUT2D eigenvalue weighted by molar-refractivity contribution is 6.40. The predicted octanol–water partition coefficient (Wildman–Crippen LogP) is 3.25. The van der Waals surface area contributed by atoms with E-state index >= 15 is 0 Å². The van der Waals surface area contributed by atoms with Crippen molar-refractivity contribution in [1.29, 1.82) is 0 Å². The van der Waals surface area contributed by atoms with E-state index in [-0.39, 0.29) is 0 Å². The molecule has 16 heavy (non-hydrogen) atoms. The molecule has 1 aromatic carbocycles. The number of halogens is 1. The van der Waals surface area contributed by atoms with E-state index in [1.165, 1.54) is 0 Å². The second-order valence-electron chi connectivity index (χ2n) is 3.51. The van der Waals surface area contributed by atoms with Crippen molar-refractivity contribution < 1.29 is 9.90 Å². The number of hydrogen-bond acceptors (Lipinski definition) is 1. The van der Waals surface area contributed by atoms with E-state index in [1.807, 2.05) is 24.3 Å². The summed E-state index contributed by atoms with van der Waals surface area (Å²) in [7, 11) is 0. The first kappa shape index (κ1) is 9.30. The van der Waals surface area contributed by atoms with Crippen LogP contribution in [0.25, 0.3) is 22.0 Å². The minimum atomic E-state index is -1.05. The van der Waals surface area contributed by atoms with Gasteiger partial charge in [-0.25, -0.2) is 4.79 Å². The van der Waals surface area contributed by atoms with Gasteiger partial charge in [-0.2, -0.15) is 4.68 Å². The number of carboxylic acid groups (broad SMARTS) is 1. The number of aromatic amines is 1. The van der Waals surface area contributed by atoms with Crippen LogP contribution in [0.2, 0.25) is 5.02 Å². The topological polar surface area (TPSA) is 58.0 Å². The van der Waals surface area contributed by atoms with Gasteiger partial charge in [-0.15, -0.1) is 0 Å². The van der Waals surface area contributed by atoms with Crippen LogP contribution < -0.4 is 0 Å². The number of nitrogens with one attached hydrogen (secondary N) is 1. The van der Waals surface area contributed by atoms with Crippen molar-refractivity contribution in [2.45, 2.75) is 0 Å². The molecule has 1 heterocycles. The summed E-state index contributed by atoms with van der Waals surface area (Å²) in [6.45, 7) is 0. The Labute approximate surface area is 95.4 Å². The summed E-state index contributed by atoms with van der Waals surface area (Å²) < 4.78 is 1.07. The quantitative estimate of drug-likeness (QED) is 0.627. The maximum atomic E-state index is 11.0. The van der Waals surface area contributed by atoms with Gasteiger partial charge in [-0.05, 0) is 0 Å². The number of fused-ring (bicyclic) bond motifs is 3. The molecular formula is C11H7ClN2O2. The van der Waals surface area contributed by atoms with Crippen LogP contribution in [-0.2, 0) is 0 Å². The maximum Gasteiger partial charge on any atom is 0.431 e. The number of benzene rings is 1. The lowest BCUT2D eigenvalue weighted by atomic mass is 10.2. The van der Waals surface area contributed by atoms with Crippen LogP contribution in [0.1, 0.15) is 0 Å². The summed E-state index contributed by atoms with van der Waals surface area (Å²) in [5, 5.41) is 14.0. The highest BCUT2D eigenvalue weighted by Gasteiger charge is 2.22. The molecule has 0 radical (unpaired) electrons. The summed E-state index contributed by atoms with van der Waals surface area (Å²) in [6, 6.07) is 7.47. The second kappa shape index (κ2) is 3.02. The van der Waals surface area contributed by atoms with Gasteiger partial charge in [-0.1, -0.05) is 35.9 Å². The molecule has 2 aliphatic rings. The summed E-state index contributed by atoms with van der Waals surface area (Å²) in [5.74, 6) is 0. The first-order valence-electron chi connectivity index (χ1n) is 4.69. The number of carbonyl (C=O) groups is 1. The van der Waals surface area contributed by atoms with Crippen LogP contribution >= 0.6 is 11.6 Å². The van der Waals surface area contributed by atoms with Gasteiger partial charge >= 0.3 is 6.09 Å². The fourth-order valence-corrected chi connectivity index (χ4v) is 2.30. The largest absolute Gasteiger partial charge is 0.463 e. The van der Waals surface area contributed by atoms with Gasteiger partial charge in [-0.3, -0.25) is 5.10 Å². The van der Waals surface area contributed by atoms with Crippen LogP contribution in [0.3, 0.4) is 0 Å². The van der Waals surface area contributed by atoms with E-state index in [4.69, 9.17) is 16.7 Å². The lowest BCUT2D eigenvalue weighted by Crippen LogP contribution is -2.09. The molecule has 80 valence electrons. The molecule has 0 bridgehead atoms. The number of nitrogens with zero attached hydrogens (tertiary/aromatic N) is 1. The predicted molar refractivity (Wildman–Crippen MR) is 61.3 cm³/mol. The first-order valence-corrected chi connectivity index (χ1v) is 5.07. The molecule has 3 rings (SSSR count). The molecule has 0 amide bonds. The Morgan fingerprint density at radius 1 is 1.31 bits per heavy atom. The monoisotopic (exact) mass is 234 g/mol. The Hall–Kier alpha value is -1.94. The molecule has 1 aromatic rings. The zero-order valence-corrected chi connectivity index (χ0v) is 8.82. The van der Waals surface area contributed by atoms with Crippen molar-refractivity contribution in [1.82, 2.24) is 9.78 Å². The van der Waals surface area contributed by atoms with Crippen molar-refractivity contribution in [2.75, 3.05) is 0 Å². The molecule has 1 aliphatic heterocycles. The lowest BCUT2D eigenvalue weighted by Gasteiger charge is -1.98. The smallest absolute Gasteiger partial charge is 0.431 e. The Morgan fingerprint density at radius 3 is 2.69 bits per heavy atom. The summed E-state index contributed by atoms with van der Waals surface area (Å²) in [4.78, 5) is 11.0. The number of aromatic nitrogens is 2. The Bertz CT molecular complexity index is 668. The fraction of sp³-hybridized carbons (Fsp3) is 0. The third kappa shape index (κ3) is 1.02. The van der Waals surface area contributed by atoms with Crippen LogP contribution in [0.4, 0.5) is 4.79 Å². The molecule has 0 saturated heterocycles. The van der Waals surface area contributed by atoms with E-state index in [1.54, 1.807) is 6.20 Å². The third-order valence-corrected chi connectivity index (χ3v) is 3.07. The zero-order chi connectivity index (χ0) is 11.3. The van der Waals surface area contributed by atoms with Gasteiger partial charge in [0.2, 0.25) is 0 Å². The van der Waals surface area contributed by atoms with Crippen LogP contribution in [0.5, 0.6) is 0 Å². The Morgan fingerprint density at radius 2 is 2.00 bits per heavy atom.